The number of ether oxygens (including phenoxy) is 3. The number of fused-ring (bicyclic) bond motifs is 1. The summed E-state index contributed by atoms with van der Waals surface area (Å²) >= 11 is 0. The number of benzene rings is 2. The van der Waals surface area contributed by atoms with Crippen LogP contribution in [0.4, 0.5) is 0 Å². The summed E-state index contributed by atoms with van der Waals surface area (Å²) in [5.41, 5.74) is 2.29. The zero-order chi connectivity index (χ0) is 16.4. The molecule has 6 nitrogen and oxygen atoms in total. The summed E-state index contributed by atoms with van der Waals surface area (Å²) in [4.78, 5) is 16.0. The van der Waals surface area contributed by atoms with Crippen LogP contribution in [0.15, 0.2) is 40.8 Å². The number of rotatable bonds is 4. The molecule has 0 bridgehead atoms. The van der Waals surface area contributed by atoms with Gasteiger partial charge in [-0.1, -0.05) is 0 Å². The van der Waals surface area contributed by atoms with Crippen molar-refractivity contribution in [2.75, 3.05) is 21.3 Å². The van der Waals surface area contributed by atoms with E-state index in [2.05, 4.69) is 4.98 Å². The SMILES string of the molecule is COC(=O)c1ccc2oc(-c3cc(OC)cc(OC)c3)nc2c1. The minimum absolute atomic E-state index is 0.416. The number of oxazole rings is 1. The summed E-state index contributed by atoms with van der Waals surface area (Å²) < 4.78 is 20.9. The van der Waals surface area contributed by atoms with Gasteiger partial charge in [0.05, 0.1) is 26.9 Å². The van der Waals surface area contributed by atoms with Crippen LogP contribution in [-0.2, 0) is 4.74 Å². The van der Waals surface area contributed by atoms with E-state index in [1.807, 2.05) is 0 Å². The molecule has 0 radical (unpaired) electrons. The van der Waals surface area contributed by atoms with Crippen molar-refractivity contribution in [2.24, 2.45) is 0 Å². The molecule has 0 aliphatic heterocycles. The molecule has 3 rings (SSSR count). The number of hydrogen-bond acceptors (Lipinski definition) is 6. The van der Waals surface area contributed by atoms with Crippen LogP contribution in [0.25, 0.3) is 22.6 Å². The molecule has 23 heavy (non-hydrogen) atoms. The van der Waals surface area contributed by atoms with Crippen molar-refractivity contribution >= 4 is 17.1 Å². The van der Waals surface area contributed by atoms with Gasteiger partial charge >= 0.3 is 5.97 Å². The first-order valence-electron chi connectivity index (χ1n) is 6.87. The Morgan fingerprint density at radius 1 is 1.00 bits per heavy atom. The highest BCUT2D eigenvalue weighted by molar-refractivity contribution is 5.93. The first-order valence-corrected chi connectivity index (χ1v) is 6.87. The van der Waals surface area contributed by atoms with Gasteiger partial charge in [0.1, 0.15) is 17.0 Å². The molecule has 1 aromatic heterocycles. The molecule has 0 spiro atoms. The van der Waals surface area contributed by atoms with Gasteiger partial charge in [0.25, 0.3) is 0 Å². The highest BCUT2D eigenvalue weighted by Gasteiger charge is 2.13. The lowest BCUT2D eigenvalue weighted by molar-refractivity contribution is 0.0601. The van der Waals surface area contributed by atoms with Crippen LogP contribution in [-0.4, -0.2) is 32.3 Å². The Bertz CT molecular complexity index is 846. The molecule has 0 saturated heterocycles. The van der Waals surface area contributed by atoms with Crippen LogP contribution in [0.3, 0.4) is 0 Å². The maximum Gasteiger partial charge on any atom is 0.337 e. The second-order valence-electron chi connectivity index (χ2n) is 4.79. The molecule has 1 heterocycles. The Morgan fingerprint density at radius 2 is 1.70 bits per heavy atom. The molecule has 0 N–H and O–H groups in total. The zero-order valence-corrected chi connectivity index (χ0v) is 13.0. The van der Waals surface area contributed by atoms with E-state index in [0.29, 0.717) is 34.1 Å². The largest absolute Gasteiger partial charge is 0.497 e. The van der Waals surface area contributed by atoms with Gasteiger partial charge < -0.3 is 18.6 Å². The van der Waals surface area contributed by atoms with E-state index >= 15 is 0 Å². The normalized spacial score (nSPS) is 10.6. The van der Waals surface area contributed by atoms with E-state index in [4.69, 9.17) is 18.6 Å². The highest BCUT2D eigenvalue weighted by atomic mass is 16.5. The first kappa shape index (κ1) is 14.9. The highest BCUT2D eigenvalue weighted by Crippen LogP contribution is 2.31. The van der Waals surface area contributed by atoms with Crippen LogP contribution in [0.2, 0.25) is 0 Å². The van der Waals surface area contributed by atoms with Gasteiger partial charge in [0.15, 0.2) is 5.58 Å². The van der Waals surface area contributed by atoms with Crippen LogP contribution in [0.5, 0.6) is 11.5 Å². The summed E-state index contributed by atoms with van der Waals surface area (Å²) in [5.74, 6) is 1.27. The number of carbonyl (C=O) groups is 1. The predicted molar refractivity (Wildman–Crippen MR) is 83.9 cm³/mol. The first-order chi connectivity index (χ1) is 11.1. The van der Waals surface area contributed by atoms with Gasteiger partial charge in [-0.15, -0.1) is 0 Å². The minimum Gasteiger partial charge on any atom is -0.497 e. The molecule has 0 aliphatic rings. The molecule has 0 saturated carbocycles. The number of esters is 1. The number of carbonyl (C=O) groups excluding carboxylic acids is 1. The molecule has 0 aliphatic carbocycles. The zero-order valence-electron chi connectivity index (χ0n) is 13.0. The van der Waals surface area contributed by atoms with Crippen molar-refractivity contribution in [3.63, 3.8) is 0 Å². The topological polar surface area (TPSA) is 70.8 Å². The maximum atomic E-state index is 11.6. The third-order valence-electron chi connectivity index (χ3n) is 3.41. The predicted octanol–water partition coefficient (Wildman–Crippen LogP) is 3.30. The van der Waals surface area contributed by atoms with Gasteiger partial charge in [-0.3, -0.25) is 0 Å². The average molecular weight is 313 g/mol. The Balaban J connectivity index is 2.08. The molecule has 0 amide bonds. The molecule has 0 atom stereocenters. The summed E-state index contributed by atoms with van der Waals surface area (Å²) in [5, 5.41) is 0. The van der Waals surface area contributed by atoms with Gasteiger partial charge in [0, 0.05) is 11.6 Å². The second-order valence-corrected chi connectivity index (χ2v) is 4.79. The fraction of sp³-hybridized carbons (Fsp3) is 0.176. The van der Waals surface area contributed by atoms with Crippen LogP contribution < -0.4 is 9.47 Å². The summed E-state index contributed by atoms with van der Waals surface area (Å²) in [6.45, 7) is 0. The van der Waals surface area contributed by atoms with Crippen molar-refractivity contribution in [1.29, 1.82) is 0 Å². The lowest BCUT2D eigenvalue weighted by Gasteiger charge is -2.05. The van der Waals surface area contributed by atoms with Gasteiger partial charge in [-0.05, 0) is 30.3 Å². The van der Waals surface area contributed by atoms with E-state index in [0.717, 1.165) is 5.56 Å². The van der Waals surface area contributed by atoms with E-state index < -0.39 is 5.97 Å². The van der Waals surface area contributed by atoms with Crippen LogP contribution in [0, 0.1) is 0 Å². The fourth-order valence-electron chi connectivity index (χ4n) is 2.23. The number of methoxy groups -OCH3 is 3. The van der Waals surface area contributed by atoms with Crippen LogP contribution >= 0.6 is 0 Å². The van der Waals surface area contributed by atoms with Crippen molar-refractivity contribution in [3.8, 4) is 23.0 Å². The quantitative estimate of drug-likeness (QED) is 0.688. The van der Waals surface area contributed by atoms with Crippen molar-refractivity contribution < 1.29 is 23.4 Å². The van der Waals surface area contributed by atoms with Crippen molar-refractivity contribution in [3.05, 3.63) is 42.0 Å². The molecule has 0 unspecified atom stereocenters. The fourth-order valence-corrected chi connectivity index (χ4v) is 2.23. The van der Waals surface area contributed by atoms with Crippen molar-refractivity contribution in [1.82, 2.24) is 4.98 Å². The number of hydrogen-bond donors (Lipinski definition) is 0. The molecule has 2 aromatic carbocycles. The molecule has 0 fully saturated rings. The number of nitrogens with zero attached hydrogens (tertiary/aromatic N) is 1. The lowest BCUT2D eigenvalue weighted by atomic mass is 10.2. The maximum absolute atomic E-state index is 11.6. The molecule has 6 heteroatoms. The van der Waals surface area contributed by atoms with Gasteiger partial charge in [-0.25, -0.2) is 9.78 Å². The average Bonchev–Trinajstić information content (AvgIpc) is 3.03. The monoisotopic (exact) mass is 313 g/mol. The van der Waals surface area contributed by atoms with E-state index in [1.54, 1.807) is 50.6 Å². The molecule has 118 valence electrons. The third kappa shape index (κ3) is 2.83. The Hall–Kier alpha value is -3.02. The summed E-state index contributed by atoms with van der Waals surface area (Å²) in [7, 11) is 4.49. The van der Waals surface area contributed by atoms with E-state index in [9.17, 15) is 4.79 Å². The molecule has 3 aromatic rings. The Morgan fingerprint density at radius 3 is 2.30 bits per heavy atom. The van der Waals surface area contributed by atoms with Crippen molar-refractivity contribution in [2.45, 2.75) is 0 Å². The molecular weight excluding hydrogens is 298 g/mol. The minimum atomic E-state index is -0.417. The molecular formula is C17H15NO5. The van der Waals surface area contributed by atoms with E-state index in [-0.39, 0.29) is 0 Å². The Labute approximate surface area is 132 Å². The Kier molecular flexibility index (Phi) is 3.89. The van der Waals surface area contributed by atoms with Gasteiger partial charge in [0.2, 0.25) is 5.89 Å². The summed E-state index contributed by atoms with van der Waals surface area (Å²) in [6, 6.07) is 10.3. The lowest BCUT2D eigenvalue weighted by Crippen LogP contribution is -2.00. The van der Waals surface area contributed by atoms with Crippen LogP contribution in [0.1, 0.15) is 10.4 Å². The third-order valence-corrected chi connectivity index (χ3v) is 3.41. The smallest absolute Gasteiger partial charge is 0.337 e. The summed E-state index contributed by atoms with van der Waals surface area (Å²) in [6.07, 6.45) is 0. The second kappa shape index (κ2) is 6.00. The van der Waals surface area contributed by atoms with E-state index in [1.165, 1.54) is 7.11 Å². The van der Waals surface area contributed by atoms with Gasteiger partial charge in [-0.2, -0.15) is 0 Å². The standard InChI is InChI=1S/C17H15NO5/c1-20-12-6-11(7-13(9-12)21-2)16-18-14-8-10(17(19)22-3)4-5-15(14)23-16/h4-9H,1-3H3. The number of aromatic nitrogens is 1.